The second-order valence-electron chi connectivity index (χ2n) is 4.93. The fraction of sp³-hybridized carbons (Fsp3) is 0.417. The van der Waals surface area contributed by atoms with Gasteiger partial charge in [-0.1, -0.05) is 11.2 Å². The van der Waals surface area contributed by atoms with Crippen molar-refractivity contribution in [3.8, 4) is 0 Å². The lowest BCUT2D eigenvalue weighted by Crippen LogP contribution is -2.26. The molecule has 0 aliphatic rings. The summed E-state index contributed by atoms with van der Waals surface area (Å²) < 4.78 is 5.12. The zero-order chi connectivity index (χ0) is 12.3. The summed E-state index contributed by atoms with van der Waals surface area (Å²) in [5, 5.41) is 7.05. The van der Waals surface area contributed by atoms with Crippen LogP contribution in [0.4, 0.5) is 6.01 Å². The molecule has 2 aromatic rings. The largest absolute Gasteiger partial charge is 0.333 e. The van der Waals surface area contributed by atoms with E-state index < -0.39 is 0 Å². The molecule has 5 heteroatoms. The molecule has 0 bridgehead atoms. The summed E-state index contributed by atoms with van der Waals surface area (Å²) in [5.41, 5.74) is 0.980. The molecule has 2 rings (SSSR count). The molecule has 0 aliphatic heterocycles. The molecule has 0 unspecified atom stereocenters. The minimum Gasteiger partial charge on any atom is -0.333 e. The van der Waals surface area contributed by atoms with E-state index in [4.69, 9.17) is 4.52 Å². The third-order valence-electron chi connectivity index (χ3n) is 2.04. The second kappa shape index (κ2) is 4.53. The van der Waals surface area contributed by atoms with Crippen LogP contribution in [0, 0.1) is 0 Å². The SMILES string of the molecule is CC(C)(C)Nc1nc(Cc2cccnc2)no1. The number of pyridine rings is 1. The maximum absolute atomic E-state index is 5.12. The first-order valence-electron chi connectivity index (χ1n) is 5.53. The van der Waals surface area contributed by atoms with Gasteiger partial charge in [0, 0.05) is 24.4 Å². The Balaban J connectivity index is 2.04. The molecule has 5 nitrogen and oxygen atoms in total. The predicted molar refractivity (Wildman–Crippen MR) is 64.7 cm³/mol. The van der Waals surface area contributed by atoms with E-state index in [2.05, 4.69) is 20.4 Å². The Hall–Kier alpha value is -1.91. The normalized spacial score (nSPS) is 11.5. The molecule has 90 valence electrons. The van der Waals surface area contributed by atoms with Crippen molar-refractivity contribution < 1.29 is 4.52 Å². The van der Waals surface area contributed by atoms with Gasteiger partial charge in [0.1, 0.15) is 0 Å². The van der Waals surface area contributed by atoms with E-state index in [0.717, 1.165) is 5.56 Å². The predicted octanol–water partition coefficient (Wildman–Crippen LogP) is 2.27. The van der Waals surface area contributed by atoms with E-state index >= 15 is 0 Å². The van der Waals surface area contributed by atoms with Crippen LogP contribution in [0.2, 0.25) is 0 Å². The number of hydrogen-bond donors (Lipinski definition) is 1. The molecule has 0 saturated heterocycles. The molecule has 2 heterocycles. The summed E-state index contributed by atoms with van der Waals surface area (Å²) in [6.45, 7) is 6.12. The van der Waals surface area contributed by atoms with Crippen LogP contribution in [0.15, 0.2) is 29.0 Å². The molecule has 2 aromatic heterocycles. The van der Waals surface area contributed by atoms with Crippen molar-refractivity contribution in [3.63, 3.8) is 0 Å². The Morgan fingerprint density at radius 2 is 2.18 bits per heavy atom. The van der Waals surface area contributed by atoms with Crippen LogP contribution >= 0.6 is 0 Å². The maximum atomic E-state index is 5.12. The summed E-state index contributed by atoms with van der Waals surface area (Å²) in [4.78, 5) is 8.32. The van der Waals surface area contributed by atoms with Crippen molar-refractivity contribution in [1.29, 1.82) is 0 Å². The first-order chi connectivity index (χ1) is 8.03. The third-order valence-corrected chi connectivity index (χ3v) is 2.04. The highest BCUT2D eigenvalue weighted by Gasteiger charge is 2.14. The highest BCUT2D eigenvalue weighted by molar-refractivity contribution is 5.24. The Morgan fingerprint density at radius 1 is 1.35 bits per heavy atom. The van der Waals surface area contributed by atoms with Crippen LogP contribution < -0.4 is 5.32 Å². The molecule has 17 heavy (non-hydrogen) atoms. The number of nitrogens with one attached hydrogen (secondary N) is 1. The molecule has 1 N–H and O–H groups in total. The average molecular weight is 232 g/mol. The van der Waals surface area contributed by atoms with E-state index in [9.17, 15) is 0 Å². The molecule has 0 aliphatic carbocycles. The van der Waals surface area contributed by atoms with Gasteiger partial charge in [0.15, 0.2) is 5.82 Å². The van der Waals surface area contributed by atoms with Crippen molar-refractivity contribution in [2.75, 3.05) is 5.32 Å². The van der Waals surface area contributed by atoms with Gasteiger partial charge in [-0.3, -0.25) is 4.98 Å². The summed E-state index contributed by atoms with van der Waals surface area (Å²) in [5.74, 6) is 0.657. The van der Waals surface area contributed by atoms with Gasteiger partial charge in [0.25, 0.3) is 0 Å². The van der Waals surface area contributed by atoms with Crippen LogP contribution in [0.25, 0.3) is 0 Å². The first-order valence-corrected chi connectivity index (χ1v) is 5.53. The van der Waals surface area contributed by atoms with Gasteiger partial charge in [-0.05, 0) is 32.4 Å². The summed E-state index contributed by atoms with van der Waals surface area (Å²) in [7, 11) is 0. The van der Waals surface area contributed by atoms with E-state index in [0.29, 0.717) is 18.3 Å². The summed E-state index contributed by atoms with van der Waals surface area (Å²) >= 11 is 0. The van der Waals surface area contributed by atoms with Gasteiger partial charge in [-0.2, -0.15) is 4.98 Å². The van der Waals surface area contributed by atoms with Gasteiger partial charge < -0.3 is 9.84 Å². The number of aromatic nitrogens is 3. The zero-order valence-electron chi connectivity index (χ0n) is 10.3. The lowest BCUT2D eigenvalue weighted by Gasteiger charge is -2.17. The average Bonchev–Trinajstić information content (AvgIpc) is 2.64. The van der Waals surface area contributed by atoms with Crippen molar-refractivity contribution in [2.45, 2.75) is 32.7 Å². The molecule has 0 aromatic carbocycles. The molecular formula is C12H16N4O. The van der Waals surface area contributed by atoms with Crippen molar-refractivity contribution in [2.24, 2.45) is 0 Å². The number of nitrogens with zero attached hydrogens (tertiary/aromatic N) is 3. The number of anilines is 1. The summed E-state index contributed by atoms with van der Waals surface area (Å²) in [6, 6.07) is 4.33. The first kappa shape index (κ1) is 11.6. The van der Waals surface area contributed by atoms with Gasteiger partial charge in [0.2, 0.25) is 0 Å². The Kier molecular flexibility index (Phi) is 3.08. The van der Waals surface area contributed by atoms with Gasteiger partial charge in [-0.25, -0.2) is 0 Å². The van der Waals surface area contributed by atoms with Crippen molar-refractivity contribution in [3.05, 3.63) is 35.9 Å². The lowest BCUT2D eigenvalue weighted by atomic mass is 10.1. The van der Waals surface area contributed by atoms with E-state index in [1.165, 1.54) is 0 Å². The summed E-state index contributed by atoms with van der Waals surface area (Å²) in [6.07, 6.45) is 4.17. The van der Waals surface area contributed by atoms with Gasteiger partial charge in [0.05, 0.1) is 0 Å². The monoisotopic (exact) mass is 232 g/mol. The van der Waals surface area contributed by atoms with Crippen LogP contribution in [0.5, 0.6) is 0 Å². The quantitative estimate of drug-likeness (QED) is 0.879. The standard InChI is InChI=1S/C12H16N4O/c1-12(2,3)15-11-14-10(16-17-11)7-9-5-4-6-13-8-9/h4-6,8H,7H2,1-3H3,(H,14,15,16). The number of rotatable bonds is 3. The highest BCUT2D eigenvalue weighted by Crippen LogP contribution is 2.13. The van der Waals surface area contributed by atoms with E-state index in [1.54, 1.807) is 12.4 Å². The van der Waals surface area contributed by atoms with Gasteiger partial charge >= 0.3 is 6.01 Å². The molecule has 0 radical (unpaired) electrons. The Labute approximate surface area is 100 Å². The van der Waals surface area contributed by atoms with Crippen LogP contribution in [-0.4, -0.2) is 20.7 Å². The van der Waals surface area contributed by atoms with Crippen LogP contribution in [-0.2, 0) is 6.42 Å². The van der Waals surface area contributed by atoms with Crippen LogP contribution in [0.3, 0.4) is 0 Å². The molecular weight excluding hydrogens is 216 g/mol. The highest BCUT2D eigenvalue weighted by atomic mass is 16.5. The van der Waals surface area contributed by atoms with Crippen LogP contribution in [0.1, 0.15) is 32.2 Å². The number of hydrogen-bond acceptors (Lipinski definition) is 5. The molecule has 0 atom stereocenters. The van der Waals surface area contributed by atoms with Crippen molar-refractivity contribution >= 4 is 6.01 Å². The molecule has 0 amide bonds. The minimum atomic E-state index is -0.0852. The van der Waals surface area contributed by atoms with Gasteiger partial charge in [-0.15, -0.1) is 0 Å². The van der Waals surface area contributed by atoms with E-state index in [1.807, 2.05) is 32.9 Å². The molecule has 0 fully saturated rings. The smallest absolute Gasteiger partial charge is 0.321 e. The van der Waals surface area contributed by atoms with E-state index in [-0.39, 0.29) is 5.54 Å². The molecule has 0 saturated carbocycles. The fourth-order valence-corrected chi connectivity index (χ4v) is 1.38. The Bertz CT molecular complexity index is 473. The Morgan fingerprint density at radius 3 is 2.82 bits per heavy atom. The topological polar surface area (TPSA) is 63.8 Å². The fourth-order valence-electron chi connectivity index (χ4n) is 1.38. The zero-order valence-corrected chi connectivity index (χ0v) is 10.3. The van der Waals surface area contributed by atoms with Crippen molar-refractivity contribution in [1.82, 2.24) is 15.1 Å². The molecule has 0 spiro atoms. The second-order valence-corrected chi connectivity index (χ2v) is 4.93. The third kappa shape index (κ3) is 3.55. The maximum Gasteiger partial charge on any atom is 0.321 e. The minimum absolute atomic E-state index is 0.0852. The lowest BCUT2D eigenvalue weighted by molar-refractivity contribution is 0.413.